The van der Waals surface area contributed by atoms with E-state index in [0.717, 1.165) is 17.0 Å². The predicted molar refractivity (Wildman–Crippen MR) is 111 cm³/mol. The van der Waals surface area contributed by atoms with Gasteiger partial charge in [-0.1, -0.05) is 45.0 Å². The fourth-order valence-electron chi connectivity index (χ4n) is 3.83. The summed E-state index contributed by atoms with van der Waals surface area (Å²) >= 11 is 0. The number of benzene rings is 2. The number of aromatic nitrogens is 1. The van der Waals surface area contributed by atoms with E-state index in [9.17, 15) is 28.2 Å². The summed E-state index contributed by atoms with van der Waals surface area (Å²) in [5.41, 5.74) is -0.268. The van der Waals surface area contributed by atoms with Gasteiger partial charge < -0.3 is 10.2 Å². The highest BCUT2D eigenvalue weighted by atomic mass is 19.4. The van der Waals surface area contributed by atoms with Crippen molar-refractivity contribution in [1.29, 1.82) is 0 Å². The summed E-state index contributed by atoms with van der Waals surface area (Å²) in [5, 5.41) is 20.8. The number of phenols is 1. The van der Waals surface area contributed by atoms with Crippen LogP contribution in [0.3, 0.4) is 0 Å². The molecule has 0 spiro atoms. The van der Waals surface area contributed by atoms with E-state index in [1.807, 2.05) is 20.8 Å². The van der Waals surface area contributed by atoms with Crippen LogP contribution in [0.25, 0.3) is 10.9 Å². The first-order valence-electron chi connectivity index (χ1n) is 9.62. The molecule has 1 amide bonds. The van der Waals surface area contributed by atoms with Crippen LogP contribution in [0, 0.1) is 5.41 Å². The smallest absolute Gasteiger partial charge is 0.416 e. The fourth-order valence-corrected chi connectivity index (χ4v) is 3.83. The lowest BCUT2D eigenvalue weighted by Crippen LogP contribution is -2.40. The van der Waals surface area contributed by atoms with E-state index >= 15 is 0 Å². The third-order valence-electron chi connectivity index (χ3n) is 5.06. The first kappa shape index (κ1) is 22.4. The van der Waals surface area contributed by atoms with Gasteiger partial charge in [0.25, 0.3) is 0 Å². The number of rotatable bonds is 4. The van der Waals surface area contributed by atoms with Gasteiger partial charge in [0.15, 0.2) is 0 Å². The number of alkyl halides is 3. The first-order chi connectivity index (χ1) is 14.4. The van der Waals surface area contributed by atoms with E-state index in [0.29, 0.717) is 16.5 Å². The van der Waals surface area contributed by atoms with Crippen molar-refractivity contribution in [2.24, 2.45) is 5.41 Å². The molecule has 5 nitrogen and oxygen atoms in total. The topological polar surface area (TPSA) is 73.7 Å². The maximum atomic E-state index is 13.1. The summed E-state index contributed by atoms with van der Waals surface area (Å²) < 4.78 is 39.4. The van der Waals surface area contributed by atoms with Crippen LogP contribution in [0.2, 0.25) is 0 Å². The minimum atomic E-state index is -4.52. The van der Waals surface area contributed by atoms with Crippen molar-refractivity contribution >= 4 is 17.0 Å². The summed E-state index contributed by atoms with van der Waals surface area (Å²) in [6.45, 7) is 5.34. The highest BCUT2D eigenvalue weighted by Crippen LogP contribution is 2.43. The molecule has 3 rings (SSSR count). The first-order valence-corrected chi connectivity index (χ1v) is 9.62. The molecule has 8 heteroatoms. The Bertz CT molecular complexity index is 1110. The molecule has 0 aliphatic carbocycles. The average Bonchev–Trinajstić information content (AvgIpc) is 2.68. The lowest BCUT2D eigenvalue weighted by molar-refractivity contribution is -0.137. The third kappa shape index (κ3) is 4.73. The van der Waals surface area contributed by atoms with E-state index in [4.69, 9.17) is 0 Å². The molecule has 164 valence electrons. The molecule has 0 aliphatic heterocycles. The Morgan fingerprint density at radius 1 is 1.10 bits per heavy atom. The molecule has 1 aromatic heterocycles. The predicted octanol–water partition coefficient (Wildman–Crippen LogP) is 6.23. The molecule has 2 N–H and O–H groups in total. The second-order valence-electron chi connectivity index (χ2n) is 8.45. The summed E-state index contributed by atoms with van der Waals surface area (Å²) in [7, 11) is 0. The lowest BCUT2D eigenvalue weighted by atomic mass is 9.79. The molecule has 1 heterocycles. The molecule has 0 fully saturated rings. The molecular weight excluding hydrogens is 409 g/mol. The molecule has 31 heavy (non-hydrogen) atoms. The van der Waals surface area contributed by atoms with Crippen LogP contribution in [0.15, 0.2) is 54.7 Å². The third-order valence-corrected chi connectivity index (χ3v) is 5.06. The van der Waals surface area contributed by atoms with Gasteiger partial charge in [0.05, 0.1) is 11.6 Å². The molecule has 0 aliphatic rings. The number of carbonyl (C=O) groups is 1. The van der Waals surface area contributed by atoms with Crippen molar-refractivity contribution in [2.75, 3.05) is 0 Å². The maximum absolute atomic E-state index is 13.1. The zero-order valence-corrected chi connectivity index (χ0v) is 17.3. The summed E-state index contributed by atoms with van der Waals surface area (Å²) in [4.78, 5) is 17.6. The van der Waals surface area contributed by atoms with Crippen LogP contribution in [0.5, 0.6) is 5.75 Å². The Kier molecular flexibility index (Phi) is 5.85. The fraction of sp³-hybridized carbons (Fsp3) is 0.304. The summed E-state index contributed by atoms with van der Waals surface area (Å²) in [6, 6.07) is 10.5. The van der Waals surface area contributed by atoms with Gasteiger partial charge in [-0.05, 0) is 40.8 Å². The molecule has 0 radical (unpaired) electrons. The van der Waals surface area contributed by atoms with Crippen LogP contribution in [0.1, 0.15) is 43.5 Å². The van der Waals surface area contributed by atoms with Crippen molar-refractivity contribution in [3.63, 3.8) is 0 Å². The zero-order valence-electron chi connectivity index (χ0n) is 17.3. The number of pyridine rings is 1. The number of aromatic hydroxyl groups is 1. The van der Waals surface area contributed by atoms with Gasteiger partial charge in [-0.15, -0.1) is 0 Å². The van der Waals surface area contributed by atoms with Crippen LogP contribution < -0.4 is 0 Å². The molecule has 1 unspecified atom stereocenters. The number of halogens is 3. The van der Waals surface area contributed by atoms with E-state index in [1.165, 1.54) is 24.4 Å². The molecule has 0 saturated carbocycles. The number of hydrogen-bond acceptors (Lipinski definition) is 3. The lowest BCUT2D eigenvalue weighted by Gasteiger charge is -2.39. The number of carboxylic acid groups (broad SMARTS) is 1. The number of nitrogens with zero attached hydrogens (tertiary/aromatic N) is 2. The van der Waals surface area contributed by atoms with Crippen LogP contribution in [0.4, 0.5) is 18.0 Å². The van der Waals surface area contributed by atoms with E-state index in [1.54, 1.807) is 18.2 Å². The Morgan fingerprint density at radius 3 is 2.42 bits per heavy atom. The molecule has 2 aromatic carbocycles. The van der Waals surface area contributed by atoms with Crippen molar-refractivity contribution in [3.8, 4) is 5.75 Å². The monoisotopic (exact) mass is 432 g/mol. The molecular formula is C23H23F3N2O3. The standard InChI is InChI=1S/C23H23F3N2O3/c1-22(2,3)20(17-9-10-18(29)19-16(17)8-5-11-27-19)28(21(30)31)13-14-6-4-7-15(12-14)23(24,25)26/h4-12,20,29H,13H2,1-3H3,(H,30,31). The van der Waals surface area contributed by atoms with Crippen molar-refractivity contribution in [3.05, 3.63) is 71.4 Å². The Morgan fingerprint density at radius 2 is 1.81 bits per heavy atom. The number of phenolic OH excluding ortho intramolecular Hbond substituents is 1. The maximum Gasteiger partial charge on any atom is 0.416 e. The quantitative estimate of drug-likeness (QED) is 0.513. The average molecular weight is 432 g/mol. The zero-order chi connectivity index (χ0) is 23.0. The van der Waals surface area contributed by atoms with Gasteiger partial charge >= 0.3 is 12.3 Å². The number of amides is 1. The summed E-state index contributed by atoms with van der Waals surface area (Å²) in [5.74, 6) is -0.0354. The normalized spacial score (nSPS) is 13.2. The Labute approximate surface area is 177 Å². The second-order valence-corrected chi connectivity index (χ2v) is 8.45. The number of hydrogen-bond donors (Lipinski definition) is 2. The summed E-state index contributed by atoms with van der Waals surface area (Å²) in [6.07, 6.45) is -4.26. The van der Waals surface area contributed by atoms with Crippen LogP contribution >= 0.6 is 0 Å². The van der Waals surface area contributed by atoms with Crippen molar-refractivity contribution in [2.45, 2.75) is 39.5 Å². The van der Waals surface area contributed by atoms with Crippen LogP contribution in [-0.4, -0.2) is 26.2 Å². The van der Waals surface area contributed by atoms with E-state index in [2.05, 4.69) is 4.98 Å². The number of fused-ring (bicyclic) bond motifs is 1. The highest BCUT2D eigenvalue weighted by molar-refractivity contribution is 5.88. The second kappa shape index (κ2) is 8.09. The molecule has 3 aromatic rings. The van der Waals surface area contributed by atoms with Crippen molar-refractivity contribution < 1.29 is 28.2 Å². The molecule has 0 saturated heterocycles. The van der Waals surface area contributed by atoms with E-state index < -0.39 is 29.3 Å². The van der Waals surface area contributed by atoms with Gasteiger partial charge in [0.1, 0.15) is 11.3 Å². The SMILES string of the molecule is CC(C)(C)C(c1ccc(O)c2ncccc12)N(Cc1cccc(C(F)(F)F)c1)C(=O)O. The molecule has 0 bridgehead atoms. The Hall–Kier alpha value is -3.29. The minimum Gasteiger partial charge on any atom is -0.506 e. The van der Waals surface area contributed by atoms with Gasteiger partial charge in [-0.2, -0.15) is 13.2 Å². The van der Waals surface area contributed by atoms with Gasteiger partial charge in [0.2, 0.25) is 0 Å². The van der Waals surface area contributed by atoms with Gasteiger partial charge in [-0.3, -0.25) is 9.88 Å². The minimum absolute atomic E-state index is 0.0354. The Balaban J connectivity index is 2.13. The largest absolute Gasteiger partial charge is 0.506 e. The molecule has 1 atom stereocenters. The van der Waals surface area contributed by atoms with Crippen molar-refractivity contribution in [1.82, 2.24) is 9.88 Å². The van der Waals surface area contributed by atoms with Gasteiger partial charge in [0, 0.05) is 18.1 Å². The van der Waals surface area contributed by atoms with Gasteiger partial charge in [-0.25, -0.2) is 4.79 Å². The van der Waals surface area contributed by atoms with Crippen LogP contribution in [-0.2, 0) is 12.7 Å². The van der Waals surface area contributed by atoms with E-state index in [-0.39, 0.29) is 17.9 Å². The highest BCUT2D eigenvalue weighted by Gasteiger charge is 2.37.